The van der Waals surface area contributed by atoms with Crippen LogP contribution < -0.4 is 0 Å². The van der Waals surface area contributed by atoms with Crippen LogP contribution >= 0.6 is 0 Å². The molecule has 2 aromatic carbocycles. The topological polar surface area (TPSA) is 90.0 Å². The van der Waals surface area contributed by atoms with Gasteiger partial charge in [-0.25, -0.2) is 8.42 Å². The molecule has 0 fully saturated rings. The van der Waals surface area contributed by atoms with Crippen molar-refractivity contribution in [2.75, 3.05) is 20.3 Å². The Hall–Kier alpha value is -2.55. The number of sulfonamides is 1. The summed E-state index contributed by atoms with van der Waals surface area (Å²) in [7, 11) is -2.72. The highest BCUT2D eigenvalue weighted by Crippen LogP contribution is 2.24. The summed E-state index contributed by atoms with van der Waals surface area (Å²) in [5.74, 6) is -0.479. The number of benzene rings is 2. The van der Waals surface area contributed by atoms with E-state index in [0.717, 1.165) is 5.56 Å². The fraction of sp³-hybridized carbons (Fsp3) is 0.481. The molecule has 0 heterocycles. The molecule has 0 saturated carbocycles. The van der Waals surface area contributed by atoms with Gasteiger partial charge in [0, 0.05) is 18.7 Å². The molecule has 0 N–H and O–H groups in total. The lowest BCUT2D eigenvalue weighted by Gasteiger charge is -2.30. The SMILES string of the molecule is COC(=O)[C@H](CCCCOCc1ccccc1)N(CCC(C)C)S(=O)(=O)c1ccc(C(C)=O)cc1. The van der Waals surface area contributed by atoms with Gasteiger partial charge in [0.1, 0.15) is 6.04 Å². The normalized spacial score (nSPS) is 12.6. The van der Waals surface area contributed by atoms with Gasteiger partial charge in [0.05, 0.1) is 18.6 Å². The van der Waals surface area contributed by atoms with Crippen LogP contribution in [0.15, 0.2) is 59.5 Å². The van der Waals surface area contributed by atoms with Gasteiger partial charge in [0.25, 0.3) is 0 Å². The second-order valence-corrected chi connectivity index (χ2v) is 10.8. The lowest BCUT2D eigenvalue weighted by Crippen LogP contribution is -2.46. The highest BCUT2D eigenvalue weighted by molar-refractivity contribution is 7.89. The lowest BCUT2D eigenvalue weighted by atomic mass is 10.1. The van der Waals surface area contributed by atoms with Crippen LogP contribution in [0.25, 0.3) is 0 Å². The minimum absolute atomic E-state index is 0.0475. The van der Waals surface area contributed by atoms with E-state index in [0.29, 0.717) is 44.5 Å². The van der Waals surface area contributed by atoms with Gasteiger partial charge in [-0.1, -0.05) is 56.3 Å². The summed E-state index contributed by atoms with van der Waals surface area (Å²) in [6, 6.07) is 14.7. The maximum atomic E-state index is 13.6. The van der Waals surface area contributed by atoms with Crippen LogP contribution in [0.1, 0.15) is 62.4 Å². The molecule has 2 rings (SSSR count). The molecule has 0 bridgehead atoms. The van der Waals surface area contributed by atoms with Crippen LogP contribution in [0.4, 0.5) is 0 Å². The molecular weight excluding hydrogens is 466 g/mol. The Kier molecular flexibility index (Phi) is 11.6. The van der Waals surface area contributed by atoms with Crippen LogP contribution in [0.2, 0.25) is 0 Å². The maximum absolute atomic E-state index is 13.6. The van der Waals surface area contributed by atoms with Crippen molar-refractivity contribution in [3.05, 3.63) is 65.7 Å². The zero-order valence-corrected chi connectivity index (χ0v) is 21.9. The Balaban J connectivity index is 2.13. The number of unbranched alkanes of at least 4 members (excludes halogenated alkanes) is 1. The first-order valence-electron chi connectivity index (χ1n) is 12.0. The maximum Gasteiger partial charge on any atom is 0.324 e. The van der Waals surface area contributed by atoms with E-state index < -0.39 is 22.0 Å². The molecule has 0 unspecified atom stereocenters. The highest BCUT2D eigenvalue weighted by Gasteiger charge is 2.36. The fourth-order valence-electron chi connectivity index (χ4n) is 3.65. The van der Waals surface area contributed by atoms with Gasteiger partial charge in [-0.05, 0) is 56.2 Å². The third kappa shape index (κ3) is 8.87. The Morgan fingerprint density at radius 3 is 2.17 bits per heavy atom. The van der Waals surface area contributed by atoms with Crippen molar-refractivity contribution >= 4 is 21.8 Å². The predicted octanol–water partition coefficient (Wildman–Crippen LogP) is 4.85. The summed E-state index contributed by atoms with van der Waals surface area (Å²) in [6.07, 6.45) is 2.21. The number of ether oxygens (including phenoxy) is 2. The largest absolute Gasteiger partial charge is 0.468 e. The van der Waals surface area contributed by atoms with Crippen molar-refractivity contribution in [3.63, 3.8) is 0 Å². The average molecular weight is 504 g/mol. The van der Waals surface area contributed by atoms with Crippen molar-refractivity contribution in [3.8, 4) is 0 Å². The summed E-state index contributed by atoms with van der Waals surface area (Å²) in [5, 5.41) is 0. The first-order chi connectivity index (χ1) is 16.7. The van der Waals surface area contributed by atoms with Crippen LogP contribution in [0.5, 0.6) is 0 Å². The molecule has 0 aliphatic heterocycles. The average Bonchev–Trinajstić information content (AvgIpc) is 2.84. The Labute approximate surface area is 209 Å². The smallest absolute Gasteiger partial charge is 0.324 e. The Morgan fingerprint density at radius 1 is 0.943 bits per heavy atom. The molecule has 35 heavy (non-hydrogen) atoms. The second kappa shape index (κ2) is 14.1. The standard InChI is InChI=1S/C27H37NO6S/c1-21(2)17-18-28(35(31,32)25-15-13-24(14-16-25)22(3)29)26(27(30)33-4)12-8-9-19-34-20-23-10-6-5-7-11-23/h5-7,10-11,13-16,21,26H,8-9,12,17-20H2,1-4H3/t26-/m0/s1. The van der Waals surface area contributed by atoms with Gasteiger partial charge in [0.2, 0.25) is 10.0 Å². The summed E-state index contributed by atoms with van der Waals surface area (Å²) in [6.45, 7) is 6.64. The lowest BCUT2D eigenvalue weighted by molar-refractivity contribution is -0.145. The molecule has 0 amide bonds. The number of rotatable bonds is 15. The van der Waals surface area contributed by atoms with E-state index in [1.807, 2.05) is 44.2 Å². The van der Waals surface area contributed by atoms with E-state index in [4.69, 9.17) is 9.47 Å². The summed E-state index contributed by atoms with van der Waals surface area (Å²) in [5.41, 5.74) is 1.51. The first-order valence-corrected chi connectivity index (χ1v) is 13.4. The minimum atomic E-state index is -3.99. The van der Waals surface area contributed by atoms with Crippen molar-refractivity contribution in [2.45, 2.75) is 64.0 Å². The van der Waals surface area contributed by atoms with Crippen LogP contribution in [0, 0.1) is 5.92 Å². The molecule has 0 spiro atoms. The number of hydrogen-bond donors (Lipinski definition) is 0. The fourth-order valence-corrected chi connectivity index (χ4v) is 5.27. The zero-order chi connectivity index (χ0) is 25.8. The number of nitrogens with zero attached hydrogens (tertiary/aromatic N) is 1. The second-order valence-electron chi connectivity index (χ2n) is 8.95. The molecule has 192 valence electrons. The molecule has 7 nitrogen and oxygen atoms in total. The highest BCUT2D eigenvalue weighted by atomic mass is 32.2. The van der Waals surface area contributed by atoms with Gasteiger partial charge < -0.3 is 9.47 Å². The number of hydrogen-bond acceptors (Lipinski definition) is 6. The number of Topliss-reactive ketones (excluding diaryl/α,β-unsaturated/α-hetero) is 1. The monoisotopic (exact) mass is 503 g/mol. The summed E-state index contributed by atoms with van der Waals surface area (Å²) in [4.78, 5) is 24.4. The first kappa shape index (κ1) is 28.7. The minimum Gasteiger partial charge on any atom is -0.468 e. The Bertz CT molecular complexity index is 1040. The molecule has 2 aromatic rings. The van der Waals surface area contributed by atoms with Gasteiger partial charge in [-0.3, -0.25) is 9.59 Å². The van der Waals surface area contributed by atoms with Crippen molar-refractivity contribution in [1.29, 1.82) is 0 Å². The zero-order valence-electron chi connectivity index (χ0n) is 21.1. The van der Waals surface area contributed by atoms with Gasteiger partial charge >= 0.3 is 5.97 Å². The summed E-state index contributed by atoms with van der Waals surface area (Å²) < 4.78 is 39.1. The van der Waals surface area contributed by atoms with Crippen LogP contribution in [0.3, 0.4) is 0 Å². The third-order valence-corrected chi connectivity index (χ3v) is 7.67. The van der Waals surface area contributed by atoms with E-state index >= 15 is 0 Å². The number of esters is 1. The number of carbonyl (C=O) groups is 2. The summed E-state index contributed by atoms with van der Waals surface area (Å²) >= 11 is 0. The van der Waals surface area contributed by atoms with Crippen molar-refractivity contribution < 1.29 is 27.5 Å². The molecule has 8 heteroatoms. The molecule has 0 aliphatic carbocycles. The molecule has 0 radical (unpaired) electrons. The van der Waals surface area contributed by atoms with Crippen LogP contribution in [-0.4, -0.2) is 50.8 Å². The quantitative estimate of drug-likeness (QED) is 0.196. The van der Waals surface area contributed by atoms with Crippen molar-refractivity contribution in [2.24, 2.45) is 5.92 Å². The van der Waals surface area contributed by atoms with E-state index in [1.54, 1.807) is 0 Å². The van der Waals surface area contributed by atoms with Crippen LogP contribution in [-0.2, 0) is 30.9 Å². The van der Waals surface area contributed by atoms with Crippen molar-refractivity contribution in [1.82, 2.24) is 4.31 Å². The predicted molar refractivity (Wildman–Crippen MR) is 136 cm³/mol. The molecule has 0 aliphatic rings. The molecule has 0 saturated heterocycles. The van der Waals surface area contributed by atoms with Gasteiger partial charge in [0.15, 0.2) is 5.78 Å². The molecule has 0 aromatic heterocycles. The van der Waals surface area contributed by atoms with E-state index in [1.165, 1.54) is 42.6 Å². The third-order valence-electron chi connectivity index (χ3n) is 5.74. The van der Waals surface area contributed by atoms with Gasteiger partial charge in [-0.15, -0.1) is 0 Å². The molecule has 1 atom stereocenters. The van der Waals surface area contributed by atoms with E-state index in [-0.39, 0.29) is 23.1 Å². The number of methoxy groups -OCH3 is 1. The molecular formula is C27H37NO6S. The van der Waals surface area contributed by atoms with Gasteiger partial charge in [-0.2, -0.15) is 4.31 Å². The van der Waals surface area contributed by atoms with E-state index in [2.05, 4.69) is 0 Å². The van der Waals surface area contributed by atoms with E-state index in [9.17, 15) is 18.0 Å². The number of ketones is 1. The Morgan fingerprint density at radius 2 is 1.60 bits per heavy atom. The number of carbonyl (C=O) groups excluding carboxylic acids is 2.